The number of nitrogens with zero attached hydrogens (tertiary/aromatic N) is 1. The SMILES string of the molecule is CC(C)C(C)CNCc1cc([N+](=O)[O-])ccc1Cl. The number of nitrogens with one attached hydrogen (secondary N) is 1. The average Bonchev–Trinajstić information content (AvgIpc) is 2.30. The topological polar surface area (TPSA) is 55.2 Å². The molecule has 0 saturated heterocycles. The Morgan fingerprint density at radius 1 is 1.39 bits per heavy atom. The van der Waals surface area contributed by atoms with Crippen LogP contribution in [-0.4, -0.2) is 11.5 Å². The molecule has 0 bridgehead atoms. The molecule has 0 fully saturated rings. The Labute approximate surface area is 112 Å². The van der Waals surface area contributed by atoms with Gasteiger partial charge in [0.15, 0.2) is 0 Å². The molecule has 0 aliphatic rings. The molecular weight excluding hydrogens is 252 g/mol. The van der Waals surface area contributed by atoms with Gasteiger partial charge in [0.1, 0.15) is 0 Å². The highest BCUT2D eigenvalue weighted by atomic mass is 35.5. The fourth-order valence-electron chi connectivity index (χ4n) is 1.48. The Bertz CT molecular complexity index is 421. The van der Waals surface area contributed by atoms with Crippen LogP contribution in [0, 0.1) is 22.0 Å². The Morgan fingerprint density at radius 2 is 2.06 bits per heavy atom. The molecule has 1 rings (SSSR count). The second-order valence-corrected chi connectivity index (χ2v) is 5.29. The standard InChI is InChI=1S/C13H19ClN2O2/c1-9(2)10(3)7-15-8-11-6-12(16(17)18)4-5-13(11)14/h4-6,9-10,15H,7-8H2,1-3H3. The predicted molar refractivity (Wildman–Crippen MR) is 73.8 cm³/mol. The van der Waals surface area contributed by atoms with Crippen LogP contribution < -0.4 is 5.32 Å². The lowest BCUT2D eigenvalue weighted by Gasteiger charge is -2.16. The molecule has 0 radical (unpaired) electrons. The van der Waals surface area contributed by atoms with E-state index in [4.69, 9.17) is 11.6 Å². The van der Waals surface area contributed by atoms with Crippen molar-refractivity contribution in [2.45, 2.75) is 27.3 Å². The summed E-state index contributed by atoms with van der Waals surface area (Å²) in [5, 5.41) is 14.5. The maximum Gasteiger partial charge on any atom is 0.269 e. The molecular formula is C13H19ClN2O2. The predicted octanol–water partition coefficient (Wildman–Crippen LogP) is 3.63. The normalized spacial score (nSPS) is 12.7. The Hall–Kier alpha value is -1.13. The van der Waals surface area contributed by atoms with Crippen LogP contribution in [0.2, 0.25) is 5.02 Å². The van der Waals surface area contributed by atoms with Crippen LogP contribution >= 0.6 is 11.6 Å². The highest BCUT2D eigenvalue weighted by molar-refractivity contribution is 6.31. The first-order valence-corrected chi connectivity index (χ1v) is 6.43. The van der Waals surface area contributed by atoms with Crippen molar-refractivity contribution in [2.75, 3.05) is 6.54 Å². The second kappa shape index (κ2) is 6.71. The molecule has 4 nitrogen and oxygen atoms in total. The third-order valence-corrected chi connectivity index (χ3v) is 3.53. The Kier molecular flexibility index (Phi) is 5.56. The minimum absolute atomic E-state index is 0.0770. The highest BCUT2D eigenvalue weighted by Gasteiger charge is 2.10. The molecule has 0 aliphatic carbocycles. The number of rotatable bonds is 6. The van der Waals surface area contributed by atoms with Crippen LogP contribution in [-0.2, 0) is 6.54 Å². The summed E-state index contributed by atoms with van der Waals surface area (Å²) in [6, 6.07) is 4.51. The van der Waals surface area contributed by atoms with Crippen molar-refractivity contribution in [3.63, 3.8) is 0 Å². The van der Waals surface area contributed by atoms with Gasteiger partial charge in [-0.2, -0.15) is 0 Å². The molecule has 5 heteroatoms. The maximum absolute atomic E-state index is 10.7. The number of nitro groups is 1. The average molecular weight is 271 g/mol. The van der Waals surface area contributed by atoms with Gasteiger partial charge in [-0.15, -0.1) is 0 Å². The zero-order valence-corrected chi connectivity index (χ0v) is 11.7. The molecule has 1 aromatic rings. The highest BCUT2D eigenvalue weighted by Crippen LogP contribution is 2.22. The molecule has 1 unspecified atom stereocenters. The van der Waals surface area contributed by atoms with Gasteiger partial charge < -0.3 is 5.32 Å². The van der Waals surface area contributed by atoms with E-state index in [-0.39, 0.29) is 5.69 Å². The van der Waals surface area contributed by atoms with E-state index in [2.05, 4.69) is 26.1 Å². The second-order valence-electron chi connectivity index (χ2n) is 4.89. The van der Waals surface area contributed by atoms with Crippen LogP contribution in [0.5, 0.6) is 0 Å². The maximum atomic E-state index is 10.7. The third kappa shape index (κ3) is 4.27. The number of benzene rings is 1. The van der Waals surface area contributed by atoms with Crippen LogP contribution in [0.25, 0.3) is 0 Å². The molecule has 0 aliphatic heterocycles. The molecule has 1 aromatic carbocycles. The van der Waals surface area contributed by atoms with Crippen molar-refractivity contribution in [2.24, 2.45) is 11.8 Å². The smallest absolute Gasteiger partial charge is 0.269 e. The van der Waals surface area contributed by atoms with Gasteiger partial charge in [0, 0.05) is 23.7 Å². The van der Waals surface area contributed by atoms with Crippen LogP contribution in [0.15, 0.2) is 18.2 Å². The lowest BCUT2D eigenvalue weighted by Crippen LogP contribution is -2.23. The zero-order chi connectivity index (χ0) is 13.7. The molecule has 0 spiro atoms. The van der Waals surface area contributed by atoms with Crippen LogP contribution in [0.3, 0.4) is 0 Å². The van der Waals surface area contributed by atoms with Gasteiger partial charge >= 0.3 is 0 Å². The first kappa shape index (κ1) is 14.9. The summed E-state index contributed by atoms with van der Waals surface area (Å²) >= 11 is 6.02. The van der Waals surface area contributed by atoms with Crippen LogP contribution in [0.1, 0.15) is 26.3 Å². The van der Waals surface area contributed by atoms with Gasteiger partial charge in [-0.25, -0.2) is 0 Å². The summed E-state index contributed by atoms with van der Waals surface area (Å²) in [6.45, 7) is 7.94. The van der Waals surface area contributed by atoms with Crippen molar-refractivity contribution < 1.29 is 4.92 Å². The van der Waals surface area contributed by atoms with Gasteiger partial charge in [-0.1, -0.05) is 32.4 Å². The van der Waals surface area contributed by atoms with Gasteiger partial charge in [-0.3, -0.25) is 10.1 Å². The Balaban J connectivity index is 2.61. The van der Waals surface area contributed by atoms with Gasteiger partial charge in [0.2, 0.25) is 0 Å². The summed E-state index contributed by atoms with van der Waals surface area (Å²) in [7, 11) is 0. The van der Waals surface area contributed by atoms with Crippen LogP contribution in [0.4, 0.5) is 5.69 Å². The number of hydrogen-bond acceptors (Lipinski definition) is 3. The molecule has 0 saturated carbocycles. The molecule has 1 N–H and O–H groups in total. The van der Waals surface area contributed by atoms with E-state index >= 15 is 0 Å². The summed E-state index contributed by atoms with van der Waals surface area (Å²) in [5.74, 6) is 1.17. The van der Waals surface area contributed by atoms with E-state index in [9.17, 15) is 10.1 Å². The molecule has 1 atom stereocenters. The first-order valence-electron chi connectivity index (χ1n) is 6.05. The summed E-state index contributed by atoms with van der Waals surface area (Å²) < 4.78 is 0. The fraction of sp³-hybridized carbons (Fsp3) is 0.538. The van der Waals surface area contributed by atoms with E-state index < -0.39 is 4.92 Å². The monoisotopic (exact) mass is 270 g/mol. The summed E-state index contributed by atoms with van der Waals surface area (Å²) in [6.07, 6.45) is 0. The fourth-order valence-corrected chi connectivity index (χ4v) is 1.66. The minimum Gasteiger partial charge on any atom is -0.312 e. The van der Waals surface area contributed by atoms with E-state index in [1.54, 1.807) is 6.07 Å². The van der Waals surface area contributed by atoms with E-state index in [1.807, 2.05) is 0 Å². The number of hydrogen-bond donors (Lipinski definition) is 1. The number of halogens is 1. The van der Waals surface area contributed by atoms with Crippen molar-refractivity contribution >= 4 is 17.3 Å². The largest absolute Gasteiger partial charge is 0.312 e. The van der Waals surface area contributed by atoms with Crippen molar-refractivity contribution in [1.29, 1.82) is 0 Å². The molecule has 100 valence electrons. The quantitative estimate of drug-likeness (QED) is 0.634. The minimum atomic E-state index is -0.406. The third-order valence-electron chi connectivity index (χ3n) is 3.16. The summed E-state index contributed by atoms with van der Waals surface area (Å²) in [4.78, 5) is 10.3. The molecule has 0 heterocycles. The lowest BCUT2D eigenvalue weighted by molar-refractivity contribution is -0.384. The Morgan fingerprint density at radius 3 is 2.61 bits per heavy atom. The van der Waals surface area contributed by atoms with Gasteiger partial charge in [-0.05, 0) is 30.0 Å². The lowest BCUT2D eigenvalue weighted by atomic mass is 9.98. The van der Waals surface area contributed by atoms with Crippen molar-refractivity contribution in [1.82, 2.24) is 5.32 Å². The molecule has 0 aromatic heterocycles. The van der Waals surface area contributed by atoms with Gasteiger partial charge in [0.05, 0.1) is 4.92 Å². The number of nitro benzene ring substituents is 1. The summed E-state index contributed by atoms with van der Waals surface area (Å²) in [5.41, 5.74) is 0.843. The van der Waals surface area contributed by atoms with Crippen molar-refractivity contribution in [3.8, 4) is 0 Å². The van der Waals surface area contributed by atoms with E-state index in [1.165, 1.54) is 12.1 Å². The number of non-ortho nitro benzene ring substituents is 1. The van der Waals surface area contributed by atoms with E-state index in [0.29, 0.717) is 23.4 Å². The van der Waals surface area contributed by atoms with Crippen molar-refractivity contribution in [3.05, 3.63) is 38.9 Å². The first-order chi connectivity index (χ1) is 8.41. The molecule has 18 heavy (non-hydrogen) atoms. The zero-order valence-electron chi connectivity index (χ0n) is 10.9. The van der Waals surface area contributed by atoms with Gasteiger partial charge in [0.25, 0.3) is 5.69 Å². The molecule has 0 amide bonds. The van der Waals surface area contributed by atoms with E-state index in [0.717, 1.165) is 12.1 Å².